The fourth-order valence-electron chi connectivity index (χ4n) is 2.88. The van der Waals surface area contributed by atoms with Crippen LogP contribution in [0.5, 0.6) is 5.75 Å². The van der Waals surface area contributed by atoms with Crippen molar-refractivity contribution in [3.05, 3.63) is 77.0 Å². The van der Waals surface area contributed by atoms with Crippen molar-refractivity contribution in [2.45, 2.75) is 0 Å². The lowest BCUT2D eigenvalue weighted by Gasteiger charge is -2.01. The zero-order valence-corrected chi connectivity index (χ0v) is 16.2. The van der Waals surface area contributed by atoms with Crippen LogP contribution in [-0.2, 0) is 0 Å². The number of aromatic hydroxyl groups is 1. The SMILES string of the molecule is Oc1cc(N=Cc2ccc(-c3cccs3)s2)ccc1-c1nc2ccccc2o1. The Morgan fingerprint density at radius 1 is 0.964 bits per heavy atom. The van der Waals surface area contributed by atoms with Gasteiger partial charge in [0.1, 0.15) is 11.3 Å². The van der Waals surface area contributed by atoms with E-state index in [1.54, 1.807) is 34.8 Å². The number of aromatic nitrogens is 1. The van der Waals surface area contributed by atoms with Crippen molar-refractivity contribution < 1.29 is 9.52 Å². The molecule has 0 radical (unpaired) electrons. The van der Waals surface area contributed by atoms with Crippen molar-refractivity contribution in [2.24, 2.45) is 4.99 Å². The molecule has 0 aliphatic carbocycles. The van der Waals surface area contributed by atoms with E-state index < -0.39 is 0 Å². The van der Waals surface area contributed by atoms with Crippen LogP contribution in [0.15, 0.2) is 81.5 Å². The van der Waals surface area contributed by atoms with E-state index in [1.807, 2.05) is 36.5 Å². The van der Waals surface area contributed by atoms with Crippen molar-refractivity contribution >= 4 is 45.7 Å². The molecule has 5 aromatic rings. The van der Waals surface area contributed by atoms with Crippen LogP contribution in [-0.4, -0.2) is 16.3 Å². The Labute approximate surface area is 169 Å². The molecule has 136 valence electrons. The van der Waals surface area contributed by atoms with Gasteiger partial charge in [-0.05, 0) is 47.8 Å². The predicted molar refractivity (Wildman–Crippen MR) is 116 cm³/mol. The number of fused-ring (bicyclic) bond motifs is 1. The Morgan fingerprint density at radius 3 is 2.71 bits per heavy atom. The third kappa shape index (κ3) is 3.24. The highest BCUT2D eigenvalue weighted by atomic mass is 32.1. The molecule has 0 fully saturated rings. The van der Waals surface area contributed by atoms with Crippen molar-refractivity contribution in [2.75, 3.05) is 0 Å². The average Bonchev–Trinajstić information content (AvgIpc) is 3.46. The molecule has 0 bridgehead atoms. The fourth-order valence-corrected chi connectivity index (χ4v) is 4.59. The van der Waals surface area contributed by atoms with Gasteiger partial charge in [-0.25, -0.2) is 4.98 Å². The number of nitrogens with zero attached hydrogens (tertiary/aromatic N) is 2. The van der Waals surface area contributed by atoms with E-state index in [-0.39, 0.29) is 5.75 Å². The number of oxazole rings is 1. The average molecular weight is 403 g/mol. The third-order valence-electron chi connectivity index (χ3n) is 4.24. The lowest BCUT2D eigenvalue weighted by atomic mass is 10.2. The molecule has 0 amide bonds. The molecule has 0 saturated heterocycles. The number of phenolic OH excluding ortho intramolecular Hbond substituents is 1. The molecule has 1 N–H and O–H groups in total. The number of rotatable bonds is 4. The molecule has 2 aromatic carbocycles. The van der Waals surface area contributed by atoms with Crippen LogP contribution in [0.1, 0.15) is 4.88 Å². The first kappa shape index (κ1) is 16.9. The molecule has 0 saturated carbocycles. The first-order chi connectivity index (χ1) is 13.8. The Kier molecular flexibility index (Phi) is 4.27. The van der Waals surface area contributed by atoms with E-state index in [2.05, 4.69) is 39.6 Å². The Balaban J connectivity index is 1.39. The molecule has 3 aromatic heterocycles. The van der Waals surface area contributed by atoms with Gasteiger partial charge in [0.25, 0.3) is 0 Å². The molecular weight excluding hydrogens is 388 g/mol. The number of aliphatic imine (C=N–C) groups is 1. The third-order valence-corrected chi connectivity index (χ3v) is 6.32. The lowest BCUT2D eigenvalue weighted by molar-refractivity contribution is 0.474. The summed E-state index contributed by atoms with van der Waals surface area (Å²) in [4.78, 5) is 12.5. The second-order valence-corrected chi connectivity index (χ2v) is 8.19. The van der Waals surface area contributed by atoms with E-state index >= 15 is 0 Å². The summed E-state index contributed by atoms with van der Waals surface area (Å²) in [5, 5.41) is 12.5. The van der Waals surface area contributed by atoms with Crippen molar-refractivity contribution in [1.29, 1.82) is 0 Å². The minimum atomic E-state index is 0.0895. The molecule has 0 spiro atoms. The van der Waals surface area contributed by atoms with Crippen LogP contribution < -0.4 is 0 Å². The quantitative estimate of drug-likeness (QED) is 0.339. The van der Waals surface area contributed by atoms with Gasteiger partial charge in [-0.3, -0.25) is 4.99 Å². The molecule has 28 heavy (non-hydrogen) atoms. The van der Waals surface area contributed by atoms with Crippen molar-refractivity contribution in [1.82, 2.24) is 4.98 Å². The summed E-state index contributed by atoms with van der Waals surface area (Å²) in [6, 6.07) is 21.1. The first-order valence-electron chi connectivity index (χ1n) is 8.63. The van der Waals surface area contributed by atoms with Crippen LogP contribution >= 0.6 is 22.7 Å². The van der Waals surface area contributed by atoms with E-state index in [9.17, 15) is 5.11 Å². The normalized spacial score (nSPS) is 11.6. The van der Waals surface area contributed by atoms with Gasteiger partial charge >= 0.3 is 0 Å². The summed E-state index contributed by atoms with van der Waals surface area (Å²) in [5.74, 6) is 0.486. The van der Waals surface area contributed by atoms with Crippen molar-refractivity contribution in [3.8, 4) is 27.0 Å². The van der Waals surface area contributed by atoms with Gasteiger partial charge in [0, 0.05) is 26.9 Å². The summed E-state index contributed by atoms with van der Waals surface area (Å²) < 4.78 is 5.74. The smallest absolute Gasteiger partial charge is 0.231 e. The maximum atomic E-state index is 10.4. The molecule has 0 aliphatic heterocycles. The number of para-hydroxylation sites is 2. The van der Waals surface area contributed by atoms with Gasteiger partial charge in [0.05, 0.1) is 11.3 Å². The Bertz CT molecular complexity index is 1250. The fraction of sp³-hybridized carbons (Fsp3) is 0. The summed E-state index contributed by atoms with van der Waals surface area (Å²) in [6.45, 7) is 0. The number of hydrogen-bond donors (Lipinski definition) is 1. The summed E-state index contributed by atoms with van der Waals surface area (Å²) in [6.07, 6.45) is 1.82. The molecule has 4 nitrogen and oxygen atoms in total. The maximum Gasteiger partial charge on any atom is 0.231 e. The predicted octanol–water partition coefficient (Wildman–Crippen LogP) is 6.74. The summed E-state index contributed by atoms with van der Waals surface area (Å²) in [7, 11) is 0. The second kappa shape index (κ2) is 7.07. The first-order valence-corrected chi connectivity index (χ1v) is 10.3. The van der Waals surface area contributed by atoms with Gasteiger partial charge in [0.15, 0.2) is 5.58 Å². The highest BCUT2D eigenvalue weighted by Crippen LogP contribution is 2.34. The topological polar surface area (TPSA) is 58.6 Å². The number of phenols is 1. The standard InChI is InChI=1S/C22H14N2O2S2/c25-18-12-14(23-13-15-8-10-21(28-15)20-6-3-11-27-20)7-9-16(18)22-24-17-4-1-2-5-19(17)26-22/h1-13,25H. The molecule has 6 heteroatoms. The van der Waals surface area contributed by atoms with Crippen LogP contribution in [0.2, 0.25) is 0 Å². The molecular formula is C22H14N2O2S2. The van der Waals surface area contributed by atoms with E-state index in [0.717, 1.165) is 10.4 Å². The molecule has 0 aliphatic rings. The van der Waals surface area contributed by atoms with Gasteiger partial charge in [-0.2, -0.15) is 0 Å². The van der Waals surface area contributed by atoms with Gasteiger partial charge in [-0.1, -0.05) is 18.2 Å². The minimum Gasteiger partial charge on any atom is -0.507 e. The minimum absolute atomic E-state index is 0.0895. The summed E-state index contributed by atoms with van der Waals surface area (Å²) in [5.41, 5.74) is 2.67. The molecule has 3 heterocycles. The van der Waals surface area contributed by atoms with Gasteiger partial charge in [-0.15, -0.1) is 22.7 Å². The molecule has 0 unspecified atom stereocenters. The monoisotopic (exact) mass is 402 g/mol. The highest BCUT2D eigenvalue weighted by molar-refractivity contribution is 7.22. The van der Waals surface area contributed by atoms with E-state index in [1.165, 1.54) is 9.75 Å². The largest absolute Gasteiger partial charge is 0.507 e. The van der Waals surface area contributed by atoms with E-state index in [4.69, 9.17) is 4.42 Å². The van der Waals surface area contributed by atoms with Crippen LogP contribution in [0.4, 0.5) is 5.69 Å². The number of benzene rings is 2. The lowest BCUT2D eigenvalue weighted by Crippen LogP contribution is -1.79. The zero-order chi connectivity index (χ0) is 18.9. The number of thiophene rings is 2. The van der Waals surface area contributed by atoms with Crippen LogP contribution in [0.25, 0.3) is 32.3 Å². The highest BCUT2D eigenvalue weighted by Gasteiger charge is 2.12. The van der Waals surface area contributed by atoms with Crippen LogP contribution in [0, 0.1) is 0 Å². The maximum absolute atomic E-state index is 10.4. The molecule has 5 rings (SSSR count). The van der Waals surface area contributed by atoms with Crippen molar-refractivity contribution in [3.63, 3.8) is 0 Å². The second-order valence-electron chi connectivity index (χ2n) is 6.13. The van der Waals surface area contributed by atoms with Gasteiger partial charge in [0.2, 0.25) is 5.89 Å². The zero-order valence-electron chi connectivity index (χ0n) is 14.6. The number of hydrogen-bond acceptors (Lipinski definition) is 6. The van der Waals surface area contributed by atoms with Crippen LogP contribution in [0.3, 0.4) is 0 Å². The van der Waals surface area contributed by atoms with Gasteiger partial charge < -0.3 is 9.52 Å². The summed E-state index contributed by atoms with van der Waals surface area (Å²) >= 11 is 3.41. The Hall–Kier alpha value is -3.22. The molecule has 0 atom stereocenters. The Morgan fingerprint density at radius 2 is 1.89 bits per heavy atom. The van der Waals surface area contributed by atoms with E-state index in [0.29, 0.717) is 22.7 Å².